The highest BCUT2D eigenvalue weighted by Crippen LogP contribution is 2.27. The number of likely N-dealkylation sites (N-methyl/N-ethyl adjacent to an activating group) is 1. The second-order valence-electron chi connectivity index (χ2n) is 4.36. The Balaban J connectivity index is 2.35. The molecule has 0 amide bonds. The molecule has 1 aliphatic heterocycles. The normalized spacial score (nSPS) is 21.5. The lowest BCUT2D eigenvalue weighted by molar-refractivity contribution is 0.0165. The Labute approximate surface area is 82.0 Å². The van der Waals surface area contributed by atoms with Crippen molar-refractivity contribution >= 4 is 0 Å². The van der Waals surface area contributed by atoms with E-state index in [0.717, 1.165) is 6.42 Å². The van der Waals surface area contributed by atoms with E-state index in [1.165, 1.54) is 19.5 Å². The van der Waals surface area contributed by atoms with Crippen molar-refractivity contribution in [3.8, 4) is 0 Å². The van der Waals surface area contributed by atoms with Gasteiger partial charge in [0.2, 0.25) is 0 Å². The molecule has 0 aromatic heterocycles. The quantitative estimate of drug-likeness (QED) is 0.650. The molecule has 1 rings (SSSR count). The van der Waals surface area contributed by atoms with Crippen LogP contribution in [0.5, 0.6) is 0 Å². The van der Waals surface area contributed by atoms with Gasteiger partial charge in [-0.1, -0.05) is 6.08 Å². The lowest BCUT2D eigenvalue weighted by Gasteiger charge is -2.52. The van der Waals surface area contributed by atoms with Crippen molar-refractivity contribution in [3.63, 3.8) is 0 Å². The molecule has 1 N–H and O–H groups in total. The zero-order chi connectivity index (χ0) is 9.90. The highest BCUT2D eigenvalue weighted by atomic mass is 15.3. The number of hydrogen-bond donors (Lipinski definition) is 1. The summed E-state index contributed by atoms with van der Waals surface area (Å²) < 4.78 is 0. The standard InChI is InChI=1S/C11H22N2/c1-5-6-7-11(12-4)8-13(9-11)10(2)3/h5,10,12H,1,6-9H2,2-4H3. The maximum atomic E-state index is 3.77. The Morgan fingerprint density at radius 3 is 2.54 bits per heavy atom. The van der Waals surface area contributed by atoms with Gasteiger partial charge in [0, 0.05) is 24.7 Å². The van der Waals surface area contributed by atoms with Crippen molar-refractivity contribution in [3.05, 3.63) is 12.7 Å². The van der Waals surface area contributed by atoms with Gasteiger partial charge in [-0.15, -0.1) is 6.58 Å². The van der Waals surface area contributed by atoms with Gasteiger partial charge in [0.25, 0.3) is 0 Å². The van der Waals surface area contributed by atoms with Crippen LogP contribution in [0.25, 0.3) is 0 Å². The van der Waals surface area contributed by atoms with E-state index >= 15 is 0 Å². The molecule has 76 valence electrons. The van der Waals surface area contributed by atoms with Gasteiger partial charge in [0.15, 0.2) is 0 Å². The molecule has 1 heterocycles. The summed E-state index contributed by atoms with van der Waals surface area (Å²) in [7, 11) is 2.07. The Bertz CT molecular complexity index is 169. The molecule has 0 bridgehead atoms. The molecule has 0 aliphatic carbocycles. The Hall–Kier alpha value is -0.340. The third kappa shape index (κ3) is 2.32. The van der Waals surface area contributed by atoms with Crippen molar-refractivity contribution in [2.75, 3.05) is 20.1 Å². The van der Waals surface area contributed by atoms with Crippen molar-refractivity contribution < 1.29 is 0 Å². The van der Waals surface area contributed by atoms with E-state index in [9.17, 15) is 0 Å². The topological polar surface area (TPSA) is 15.3 Å². The van der Waals surface area contributed by atoms with Crippen LogP contribution in [0.2, 0.25) is 0 Å². The first-order chi connectivity index (χ1) is 6.13. The van der Waals surface area contributed by atoms with Gasteiger partial charge < -0.3 is 5.32 Å². The fourth-order valence-electron chi connectivity index (χ4n) is 1.92. The van der Waals surface area contributed by atoms with Crippen LogP contribution >= 0.6 is 0 Å². The molecule has 1 fully saturated rings. The van der Waals surface area contributed by atoms with E-state index in [2.05, 4.69) is 37.7 Å². The van der Waals surface area contributed by atoms with Crippen LogP contribution < -0.4 is 5.32 Å². The van der Waals surface area contributed by atoms with Gasteiger partial charge in [-0.2, -0.15) is 0 Å². The van der Waals surface area contributed by atoms with Crippen LogP contribution in [-0.2, 0) is 0 Å². The number of likely N-dealkylation sites (tertiary alicyclic amines) is 1. The summed E-state index contributed by atoms with van der Waals surface area (Å²) in [5, 5.41) is 3.45. The summed E-state index contributed by atoms with van der Waals surface area (Å²) in [6.07, 6.45) is 4.35. The van der Waals surface area contributed by atoms with Crippen molar-refractivity contribution in [1.29, 1.82) is 0 Å². The van der Waals surface area contributed by atoms with Crippen molar-refractivity contribution in [1.82, 2.24) is 10.2 Å². The average Bonchev–Trinajstić information content (AvgIpc) is 2.03. The van der Waals surface area contributed by atoms with Crippen LogP contribution in [0.4, 0.5) is 0 Å². The monoisotopic (exact) mass is 182 g/mol. The van der Waals surface area contributed by atoms with Crippen LogP contribution in [0.1, 0.15) is 26.7 Å². The van der Waals surface area contributed by atoms with Gasteiger partial charge in [-0.05, 0) is 33.7 Å². The number of nitrogens with zero attached hydrogens (tertiary/aromatic N) is 1. The van der Waals surface area contributed by atoms with E-state index < -0.39 is 0 Å². The Kier molecular flexibility index (Phi) is 3.51. The molecule has 2 nitrogen and oxygen atoms in total. The SMILES string of the molecule is C=CCCC1(NC)CN(C(C)C)C1. The molecule has 0 atom stereocenters. The highest BCUT2D eigenvalue weighted by molar-refractivity contribution is 5.03. The predicted molar refractivity (Wildman–Crippen MR) is 57.9 cm³/mol. The molecule has 0 aromatic carbocycles. The summed E-state index contributed by atoms with van der Waals surface area (Å²) >= 11 is 0. The van der Waals surface area contributed by atoms with Crippen molar-refractivity contribution in [2.24, 2.45) is 0 Å². The summed E-state index contributed by atoms with van der Waals surface area (Å²) in [6.45, 7) is 10.7. The van der Waals surface area contributed by atoms with E-state index in [0.29, 0.717) is 11.6 Å². The number of hydrogen-bond acceptors (Lipinski definition) is 2. The van der Waals surface area contributed by atoms with Crippen LogP contribution in [0.3, 0.4) is 0 Å². The minimum atomic E-state index is 0.373. The molecule has 13 heavy (non-hydrogen) atoms. The van der Waals surface area contributed by atoms with Crippen LogP contribution in [0.15, 0.2) is 12.7 Å². The van der Waals surface area contributed by atoms with E-state index in [1.54, 1.807) is 0 Å². The first kappa shape index (κ1) is 10.7. The summed E-state index contributed by atoms with van der Waals surface area (Å²) in [5.41, 5.74) is 0.373. The van der Waals surface area contributed by atoms with Gasteiger partial charge in [0.05, 0.1) is 0 Å². The molecule has 1 saturated heterocycles. The fraction of sp³-hybridized carbons (Fsp3) is 0.818. The molecule has 0 unspecified atom stereocenters. The van der Waals surface area contributed by atoms with Crippen LogP contribution in [-0.4, -0.2) is 36.6 Å². The molecular formula is C11H22N2. The minimum absolute atomic E-state index is 0.373. The summed E-state index contributed by atoms with van der Waals surface area (Å²) in [6, 6.07) is 0.685. The summed E-state index contributed by atoms with van der Waals surface area (Å²) in [5.74, 6) is 0. The fourth-order valence-corrected chi connectivity index (χ4v) is 1.92. The smallest absolute Gasteiger partial charge is 0.0438 e. The van der Waals surface area contributed by atoms with Gasteiger partial charge in [0.1, 0.15) is 0 Å². The second-order valence-corrected chi connectivity index (χ2v) is 4.36. The number of nitrogens with one attached hydrogen (secondary N) is 1. The molecule has 2 heteroatoms. The third-order valence-electron chi connectivity index (χ3n) is 3.10. The predicted octanol–water partition coefficient (Wildman–Crippen LogP) is 1.63. The molecule has 0 saturated carbocycles. The zero-order valence-corrected chi connectivity index (χ0v) is 9.14. The zero-order valence-electron chi connectivity index (χ0n) is 9.14. The Morgan fingerprint density at radius 1 is 1.54 bits per heavy atom. The van der Waals surface area contributed by atoms with E-state index in [1.807, 2.05) is 6.08 Å². The average molecular weight is 182 g/mol. The molecular weight excluding hydrogens is 160 g/mol. The van der Waals surface area contributed by atoms with Gasteiger partial charge >= 0.3 is 0 Å². The molecule has 0 radical (unpaired) electrons. The van der Waals surface area contributed by atoms with E-state index in [4.69, 9.17) is 0 Å². The van der Waals surface area contributed by atoms with Gasteiger partial charge in [-0.3, -0.25) is 4.90 Å². The molecule has 1 aliphatic rings. The number of allylic oxidation sites excluding steroid dienone is 1. The largest absolute Gasteiger partial charge is 0.312 e. The van der Waals surface area contributed by atoms with E-state index in [-0.39, 0.29) is 0 Å². The maximum absolute atomic E-state index is 3.77. The second kappa shape index (κ2) is 4.25. The summed E-state index contributed by atoms with van der Waals surface area (Å²) in [4.78, 5) is 2.50. The lowest BCUT2D eigenvalue weighted by atomic mass is 9.84. The first-order valence-corrected chi connectivity index (χ1v) is 5.17. The Morgan fingerprint density at radius 2 is 2.15 bits per heavy atom. The third-order valence-corrected chi connectivity index (χ3v) is 3.10. The molecule has 0 aromatic rings. The highest BCUT2D eigenvalue weighted by Gasteiger charge is 2.41. The van der Waals surface area contributed by atoms with Crippen LogP contribution in [0, 0.1) is 0 Å². The van der Waals surface area contributed by atoms with Gasteiger partial charge in [-0.25, -0.2) is 0 Å². The maximum Gasteiger partial charge on any atom is 0.0438 e. The number of rotatable bonds is 5. The van der Waals surface area contributed by atoms with Crippen molar-refractivity contribution in [2.45, 2.75) is 38.3 Å². The first-order valence-electron chi connectivity index (χ1n) is 5.17. The lowest BCUT2D eigenvalue weighted by Crippen LogP contribution is -2.69. The minimum Gasteiger partial charge on any atom is -0.312 e. The molecule has 0 spiro atoms.